The van der Waals surface area contributed by atoms with Crippen LogP contribution in [-0.2, 0) is 20.9 Å². The van der Waals surface area contributed by atoms with E-state index in [1.54, 1.807) is 29.2 Å². The lowest BCUT2D eigenvalue weighted by Crippen LogP contribution is -2.42. The summed E-state index contributed by atoms with van der Waals surface area (Å²) in [6, 6.07) is 8.85. The van der Waals surface area contributed by atoms with Gasteiger partial charge in [-0.2, -0.15) is 0 Å². The summed E-state index contributed by atoms with van der Waals surface area (Å²) in [5, 5.41) is 0.564. The molecule has 1 aromatic heterocycles. The Balaban J connectivity index is 1.71. The third-order valence-electron chi connectivity index (χ3n) is 5.01. The quantitative estimate of drug-likeness (QED) is 0.673. The average Bonchev–Trinajstić information content (AvgIpc) is 3.32. The third-order valence-corrected chi connectivity index (χ3v) is 5.42. The van der Waals surface area contributed by atoms with Gasteiger partial charge in [0.1, 0.15) is 25.5 Å². The van der Waals surface area contributed by atoms with E-state index in [0.29, 0.717) is 22.9 Å². The summed E-state index contributed by atoms with van der Waals surface area (Å²) in [4.78, 5) is 42.7. The molecule has 0 N–H and O–H groups in total. The van der Waals surface area contributed by atoms with Gasteiger partial charge in [0.2, 0.25) is 17.7 Å². The Morgan fingerprint density at radius 2 is 2.00 bits per heavy atom. The molecule has 0 unspecified atom stereocenters. The van der Waals surface area contributed by atoms with Gasteiger partial charge in [0, 0.05) is 17.1 Å². The fourth-order valence-electron chi connectivity index (χ4n) is 3.38. The van der Waals surface area contributed by atoms with Crippen LogP contribution in [0.2, 0.25) is 5.02 Å². The highest BCUT2D eigenvalue weighted by Gasteiger charge is 2.34. The van der Waals surface area contributed by atoms with Gasteiger partial charge in [-0.25, -0.2) is 0 Å². The molecule has 3 amide bonds. The Morgan fingerprint density at radius 3 is 2.67 bits per heavy atom. The summed E-state index contributed by atoms with van der Waals surface area (Å²) in [6.07, 6.45) is 1.87. The lowest BCUT2D eigenvalue weighted by Gasteiger charge is -2.25. The smallest absolute Gasteiger partial charge is 0.248 e. The molecule has 1 aromatic carbocycles. The van der Waals surface area contributed by atoms with Crippen molar-refractivity contribution < 1.29 is 18.8 Å². The Labute approximate surface area is 181 Å². The van der Waals surface area contributed by atoms with E-state index in [4.69, 9.17) is 16.0 Å². The van der Waals surface area contributed by atoms with Gasteiger partial charge in [-0.3, -0.25) is 19.3 Å². The minimum absolute atomic E-state index is 0.0300. The highest BCUT2D eigenvalue weighted by molar-refractivity contribution is 6.31. The van der Waals surface area contributed by atoms with Gasteiger partial charge in [0.05, 0.1) is 12.8 Å². The third kappa shape index (κ3) is 5.02. The van der Waals surface area contributed by atoms with E-state index < -0.39 is 0 Å². The predicted molar refractivity (Wildman–Crippen MR) is 114 cm³/mol. The molecule has 30 heavy (non-hydrogen) atoms. The van der Waals surface area contributed by atoms with Crippen molar-refractivity contribution in [3.05, 3.63) is 52.9 Å². The Hall–Kier alpha value is -2.80. The number of benzene rings is 1. The van der Waals surface area contributed by atoms with Crippen LogP contribution in [0.1, 0.15) is 31.6 Å². The molecule has 160 valence electrons. The summed E-state index contributed by atoms with van der Waals surface area (Å²) >= 11 is 6.18. The van der Waals surface area contributed by atoms with Crippen molar-refractivity contribution in [1.29, 1.82) is 0 Å². The maximum atomic E-state index is 12.9. The number of carbonyl (C=O) groups excluding carboxylic acids is 3. The molecule has 0 saturated carbocycles. The summed E-state index contributed by atoms with van der Waals surface area (Å²) < 4.78 is 5.35. The molecule has 2 heterocycles. The monoisotopic (exact) mass is 431 g/mol. The molecular weight excluding hydrogens is 406 g/mol. The summed E-state index contributed by atoms with van der Waals surface area (Å²) in [5.74, 6) is 0.187. The molecule has 7 nitrogen and oxygen atoms in total. The van der Waals surface area contributed by atoms with Gasteiger partial charge >= 0.3 is 0 Å². The van der Waals surface area contributed by atoms with Crippen molar-refractivity contribution in [1.82, 2.24) is 9.80 Å². The first kappa shape index (κ1) is 21.9. The highest BCUT2D eigenvalue weighted by atomic mass is 35.5. The molecule has 1 fully saturated rings. The van der Waals surface area contributed by atoms with Gasteiger partial charge in [-0.15, -0.1) is 0 Å². The van der Waals surface area contributed by atoms with Crippen molar-refractivity contribution in [2.75, 3.05) is 24.7 Å². The van der Waals surface area contributed by atoms with Crippen LogP contribution in [0.4, 0.5) is 5.69 Å². The zero-order valence-electron chi connectivity index (χ0n) is 17.4. The first-order chi connectivity index (χ1) is 14.3. The number of anilines is 1. The van der Waals surface area contributed by atoms with Crippen LogP contribution in [0, 0.1) is 12.8 Å². The van der Waals surface area contributed by atoms with E-state index in [1.807, 2.05) is 26.8 Å². The normalized spacial score (nSPS) is 14.0. The Morgan fingerprint density at radius 1 is 1.23 bits per heavy atom. The number of amides is 3. The van der Waals surface area contributed by atoms with Crippen molar-refractivity contribution in [2.24, 2.45) is 5.92 Å². The molecule has 8 heteroatoms. The molecule has 0 spiro atoms. The van der Waals surface area contributed by atoms with Gasteiger partial charge in [-0.1, -0.05) is 31.5 Å². The molecule has 0 aliphatic carbocycles. The second-order valence-electron chi connectivity index (χ2n) is 7.87. The fraction of sp³-hybridized carbons (Fsp3) is 0.409. The lowest BCUT2D eigenvalue weighted by atomic mass is 10.1. The summed E-state index contributed by atoms with van der Waals surface area (Å²) in [5.41, 5.74) is 1.47. The number of furan rings is 1. The summed E-state index contributed by atoms with van der Waals surface area (Å²) in [7, 11) is 0. The molecule has 0 radical (unpaired) electrons. The van der Waals surface area contributed by atoms with E-state index in [0.717, 1.165) is 5.56 Å². The van der Waals surface area contributed by atoms with E-state index in [1.165, 1.54) is 16.1 Å². The molecule has 3 rings (SSSR count). The molecule has 2 aromatic rings. The predicted octanol–water partition coefficient (Wildman–Crippen LogP) is 3.45. The minimum atomic E-state index is -0.283. The second kappa shape index (κ2) is 9.34. The number of halogens is 1. The molecular formula is C22H26ClN3O4. The van der Waals surface area contributed by atoms with Crippen LogP contribution in [0.5, 0.6) is 0 Å². The number of hydrogen-bond donors (Lipinski definition) is 0. The largest absolute Gasteiger partial charge is 0.467 e. The number of nitrogens with zero attached hydrogens (tertiary/aromatic N) is 3. The van der Waals surface area contributed by atoms with Gasteiger partial charge in [-0.05, 0) is 42.7 Å². The van der Waals surface area contributed by atoms with E-state index >= 15 is 0 Å². The van der Waals surface area contributed by atoms with Gasteiger partial charge in [0.15, 0.2) is 0 Å². The summed E-state index contributed by atoms with van der Waals surface area (Å²) in [6.45, 7) is 5.95. The SMILES string of the molecule is Cc1c(Cl)cccc1N1CN(C(=O)CN(Cc2ccco2)C(=O)CC(C)C)CC1=O. The van der Waals surface area contributed by atoms with Crippen LogP contribution >= 0.6 is 11.6 Å². The van der Waals surface area contributed by atoms with Crippen LogP contribution in [-0.4, -0.2) is 47.3 Å². The second-order valence-corrected chi connectivity index (χ2v) is 8.27. The minimum Gasteiger partial charge on any atom is -0.467 e. The molecule has 1 saturated heterocycles. The first-order valence-electron chi connectivity index (χ1n) is 9.89. The van der Waals surface area contributed by atoms with Crippen LogP contribution in [0.25, 0.3) is 0 Å². The Bertz CT molecular complexity index is 926. The van der Waals surface area contributed by atoms with E-state index in [-0.39, 0.29) is 49.9 Å². The molecule has 1 aliphatic heterocycles. The molecule has 1 aliphatic rings. The zero-order chi connectivity index (χ0) is 21.8. The number of rotatable bonds is 7. The fourth-order valence-corrected chi connectivity index (χ4v) is 3.55. The van der Waals surface area contributed by atoms with E-state index in [2.05, 4.69) is 0 Å². The van der Waals surface area contributed by atoms with Crippen molar-refractivity contribution in [3.63, 3.8) is 0 Å². The van der Waals surface area contributed by atoms with Gasteiger partial charge in [0.25, 0.3) is 0 Å². The molecule has 0 bridgehead atoms. The van der Waals surface area contributed by atoms with Crippen molar-refractivity contribution >= 4 is 35.0 Å². The average molecular weight is 432 g/mol. The number of hydrogen-bond acceptors (Lipinski definition) is 4. The Kier molecular flexibility index (Phi) is 6.82. The lowest BCUT2D eigenvalue weighted by molar-refractivity contribution is -0.141. The maximum absolute atomic E-state index is 12.9. The van der Waals surface area contributed by atoms with Crippen LogP contribution in [0.3, 0.4) is 0 Å². The topological polar surface area (TPSA) is 74.1 Å². The van der Waals surface area contributed by atoms with Crippen molar-refractivity contribution in [3.8, 4) is 0 Å². The van der Waals surface area contributed by atoms with Gasteiger partial charge < -0.3 is 14.2 Å². The van der Waals surface area contributed by atoms with Crippen molar-refractivity contribution in [2.45, 2.75) is 33.7 Å². The van der Waals surface area contributed by atoms with Crippen LogP contribution < -0.4 is 4.90 Å². The first-order valence-corrected chi connectivity index (χ1v) is 10.3. The highest BCUT2D eigenvalue weighted by Crippen LogP contribution is 2.28. The van der Waals surface area contributed by atoms with Crippen LogP contribution in [0.15, 0.2) is 41.0 Å². The number of carbonyl (C=O) groups is 3. The zero-order valence-corrected chi connectivity index (χ0v) is 18.2. The molecule has 0 atom stereocenters. The van der Waals surface area contributed by atoms with E-state index in [9.17, 15) is 14.4 Å². The maximum Gasteiger partial charge on any atom is 0.248 e. The standard InChI is InChI=1S/C22H26ClN3O4/c1-15(2)10-20(27)24(11-17-6-5-9-30-17)12-21(28)25-13-22(29)26(14-25)19-8-4-7-18(23)16(19)3/h4-9,15H,10-14H2,1-3H3.